The Morgan fingerprint density at radius 3 is 2.12 bits per heavy atom. The standard InChI is InChI=1S/C11H22N2O3/c1-6-9(10(14)15)12-11(16)13(5)8(4)7(2)3/h7-9H,6H2,1-5H3,(H,12,16)(H,14,15)/t8?,9-/m1/s1. The van der Waals surface area contributed by atoms with Gasteiger partial charge >= 0.3 is 12.0 Å². The van der Waals surface area contributed by atoms with E-state index in [4.69, 9.17) is 5.11 Å². The summed E-state index contributed by atoms with van der Waals surface area (Å²) >= 11 is 0. The van der Waals surface area contributed by atoms with Gasteiger partial charge in [-0.3, -0.25) is 0 Å². The molecule has 0 aromatic rings. The van der Waals surface area contributed by atoms with Crippen molar-refractivity contribution in [3.63, 3.8) is 0 Å². The highest BCUT2D eigenvalue weighted by Crippen LogP contribution is 2.08. The van der Waals surface area contributed by atoms with Crippen LogP contribution >= 0.6 is 0 Å². The average Bonchev–Trinajstić information content (AvgIpc) is 2.22. The lowest BCUT2D eigenvalue weighted by atomic mass is 10.1. The van der Waals surface area contributed by atoms with Gasteiger partial charge in [0.05, 0.1) is 0 Å². The van der Waals surface area contributed by atoms with Gasteiger partial charge in [0.1, 0.15) is 6.04 Å². The molecule has 0 aromatic heterocycles. The fraction of sp³-hybridized carbons (Fsp3) is 0.818. The molecule has 5 heteroatoms. The van der Waals surface area contributed by atoms with Crippen LogP contribution < -0.4 is 5.32 Å². The van der Waals surface area contributed by atoms with Gasteiger partial charge in [0.25, 0.3) is 0 Å². The molecule has 5 nitrogen and oxygen atoms in total. The van der Waals surface area contributed by atoms with Crippen molar-refractivity contribution in [2.24, 2.45) is 5.92 Å². The molecule has 0 spiro atoms. The summed E-state index contributed by atoms with van der Waals surface area (Å²) in [5.74, 6) is -0.665. The Morgan fingerprint density at radius 2 is 1.81 bits per heavy atom. The lowest BCUT2D eigenvalue weighted by Gasteiger charge is -2.29. The van der Waals surface area contributed by atoms with E-state index in [1.807, 2.05) is 20.8 Å². The number of carbonyl (C=O) groups is 2. The summed E-state index contributed by atoms with van der Waals surface area (Å²) in [5.41, 5.74) is 0. The minimum absolute atomic E-state index is 0.0753. The van der Waals surface area contributed by atoms with Crippen molar-refractivity contribution >= 4 is 12.0 Å². The molecule has 0 aliphatic heterocycles. The van der Waals surface area contributed by atoms with Gasteiger partial charge in [-0.25, -0.2) is 9.59 Å². The van der Waals surface area contributed by atoms with Crippen molar-refractivity contribution in [1.82, 2.24) is 10.2 Å². The van der Waals surface area contributed by atoms with Crippen molar-refractivity contribution in [1.29, 1.82) is 0 Å². The first-order chi connectivity index (χ1) is 7.31. The van der Waals surface area contributed by atoms with E-state index in [0.29, 0.717) is 12.3 Å². The molecule has 2 amide bonds. The molecule has 0 aliphatic carbocycles. The lowest BCUT2D eigenvalue weighted by Crippen LogP contribution is -2.50. The Kier molecular flexibility index (Phi) is 5.85. The number of carbonyl (C=O) groups excluding carboxylic acids is 1. The van der Waals surface area contributed by atoms with Crippen molar-refractivity contribution in [3.05, 3.63) is 0 Å². The van der Waals surface area contributed by atoms with Gasteiger partial charge in [-0.05, 0) is 19.3 Å². The zero-order valence-electron chi connectivity index (χ0n) is 10.7. The van der Waals surface area contributed by atoms with E-state index in [-0.39, 0.29) is 12.1 Å². The van der Waals surface area contributed by atoms with E-state index in [2.05, 4.69) is 5.32 Å². The molecule has 2 N–H and O–H groups in total. The van der Waals surface area contributed by atoms with Crippen molar-refractivity contribution in [2.75, 3.05) is 7.05 Å². The van der Waals surface area contributed by atoms with E-state index in [1.54, 1.807) is 14.0 Å². The molecule has 1 unspecified atom stereocenters. The summed E-state index contributed by atoms with van der Waals surface area (Å²) in [7, 11) is 1.68. The number of urea groups is 1. The van der Waals surface area contributed by atoms with Crippen molar-refractivity contribution in [3.8, 4) is 0 Å². The second-order valence-electron chi connectivity index (χ2n) is 4.34. The van der Waals surface area contributed by atoms with Gasteiger partial charge in [0, 0.05) is 13.1 Å². The normalized spacial score (nSPS) is 14.4. The summed E-state index contributed by atoms with van der Waals surface area (Å²) < 4.78 is 0. The van der Waals surface area contributed by atoms with E-state index >= 15 is 0 Å². The number of carboxylic acids is 1. The third-order valence-electron chi connectivity index (χ3n) is 2.90. The molecule has 94 valence electrons. The molecular formula is C11H22N2O3. The van der Waals surface area contributed by atoms with Crippen LogP contribution in [0.3, 0.4) is 0 Å². The van der Waals surface area contributed by atoms with Crippen LogP contribution in [0.25, 0.3) is 0 Å². The van der Waals surface area contributed by atoms with E-state index in [0.717, 1.165) is 0 Å². The first-order valence-corrected chi connectivity index (χ1v) is 5.57. The smallest absolute Gasteiger partial charge is 0.326 e. The predicted molar refractivity (Wildman–Crippen MR) is 62.3 cm³/mol. The minimum atomic E-state index is -0.999. The van der Waals surface area contributed by atoms with Crippen LogP contribution in [0.15, 0.2) is 0 Å². The molecule has 2 atom stereocenters. The van der Waals surface area contributed by atoms with Crippen LogP contribution in [0.1, 0.15) is 34.1 Å². The fourth-order valence-corrected chi connectivity index (χ4v) is 1.22. The zero-order chi connectivity index (χ0) is 12.9. The summed E-state index contributed by atoms with van der Waals surface area (Å²) in [6.45, 7) is 7.70. The highest BCUT2D eigenvalue weighted by Gasteiger charge is 2.23. The third-order valence-corrected chi connectivity index (χ3v) is 2.90. The molecule has 0 aliphatic rings. The molecule has 0 heterocycles. The summed E-state index contributed by atoms with van der Waals surface area (Å²) in [5, 5.41) is 11.3. The van der Waals surface area contributed by atoms with E-state index < -0.39 is 12.0 Å². The molecule has 16 heavy (non-hydrogen) atoms. The number of nitrogens with one attached hydrogen (secondary N) is 1. The fourth-order valence-electron chi connectivity index (χ4n) is 1.22. The quantitative estimate of drug-likeness (QED) is 0.752. The van der Waals surface area contributed by atoms with Crippen LogP contribution in [0, 0.1) is 5.92 Å². The van der Waals surface area contributed by atoms with Crippen LogP contribution in [0.5, 0.6) is 0 Å². The Morgan fingerprint density at radius 1 is 1.31 bits per heavy atom. The molecule has 0 fully saturated rings. The van der Waals surface area contributed by atoms with Crippen LogP contribution in [0.2, 0.25) is 0 Å². The first-order valence-electron chi connectivity index (χ1n) is 5.57. The van der Waals surface area contributed by atoms with Crippen molar-refractivity contribution < 1.29 is 14.7 Å². The maximum atomic E-state index is 11.7. The maximum Gasteiger partial charge on any atom is 0.326 e. The highest BCUT2D eigenvalue weighted by atomic mass is 16.4. The number of hydrogen-bond donors (Lipinski definition) is 2. The minimum Gasteiger partial charge on any atom is -0.480 e. The molecule has 0 bridgehead atoms. The Balaban J connectivity index is 4.40. The topological polar surface area (TPSA) is 69.6 Å². The average molecular weight is 230 g/mol. The highest BCUT2D eigenvalue weighted by molar-refractivity contribution is 5.82. The zero-order valence-corrected chi connectivity index (χ0v) is 10.7. The van der Waals surface area contributed by atoms with Gasteiger partial charge in [0.2, 0.25) is 0 Å². The van der Waals surface area contributed by atoms with E-state index in [1.165, 1.54) is 4.90 Å². The number of hydrogen-bond acceptors (Lipinski definition) is 2. The van der Waals surface area contributed by atoms with Crippen LogP contribution in [-0.4, -0.2) is 41.1 Å². The number of nitrogens with zero attached hydrogens (tertiary/aromatic N) is 1. The summed E-state index contributed by atoms with van der Waals surface area (Å²) in [6, 6.07) is -1.07. The monoisotopic (exact) mass is 230 g/mol. The van der Waals surface area contributed by atoms with Gasteiger partial charge in [-0.15, -0.1) is 0 Å². The Labute approximate surface area is 96.8 Å². The van der Waals surface area contributed by atoms with E-state index in [9.17, 15) is 9.59 Å². The summed E-state index contributed by atoms with van der Waals surface area (Å²) in [4.78, 5) is 24.0. The second kappa shape index (κ2) is 6.35. The molecule has 0 rings (SSSR count). The predicted octanol–water partition coefficient (Wildman–Crippen LogP) is 1.54. The first kappa shape index (κ1) is 14.7. The number of rotatable bonds is 5. The molecule has 0 radical (unpaired) electrons. The van der Waals surface area contributed by atoms with Gasteiger partial charge < -0.3 is 15.3 Å². The van der Waals surface area contributed by atoms with Gasteiger partial charge in [0.15, 0.2) is 0 Å². The number of amides is 2. The van der Waals surface area contributed by atoms with Gasteiger partial charge in [-0.1, -0.05) is 20.8 Å². The van der Waals surface area contributed by atoms with Crippen LogP contribution in [0.4, 0.5) is 4.79 Å². The van der Waals surface area contributed by atoms with Crippen molar-refractivity contribution in [2.45, 2.75) is 46.2 Å². The van der Waals surface area contributed by atoms with Gasteiger partial charge in [-0.2, -0.15) is 0 Å². The second-order valence-corrected chi connectivity index (χ2v) is 4.34. The third kappa shape index (κ3) is 4.08. The lowest BCUT2D eigenvalue weighted by molar-refractivity contribution is -0.139. The summed E-state index contributed by atoms with van der Waals surface area (Å²) in [6.07, 6.45) is 0.380. The Bertz CT molecular complexity index is 254. The number of carboxylic acid groups (broad SMARTS) is 1. The Hall–Kier alpha value is -1.26. The molecule has 0 aromatic carbocycles. The van der Waals surface area contributed by atoms with Crippen LogP contribution in [-0.2, 0) is 4.79 Å². The molecule has 0 saturated heterocycles. The maximum absolute atomic E-state index is 11.7. The largest absolute Gasteiger partial charge is 0.480 e. The molecular weight excluding hydrogens is 208 g/mol. The molecule has 0 saturated carbocycles. The number of aliphatic carboxylic acids is 1. The SMILES string of the molecule is CC[C@@H](NC(=O)N(C)C(C)C(C)C)C(=O)O.